The second kappa shape index (κ2) is 7.23. The Hall–Kier alpha value is -0.630. The Morgan fingerprint density at radius 3 is 2.05 bits per heavy atom. The summed E-state index contributed by atoms with van der Waals surface area (Å²) >= 11 is 0. The quantitative estimate of drug-likeness (QED) is 0.779. The molecule has 1 aliphatic rings. The van der Waals surface area contributed by atoms with Crippen LogP contribution in [0, 0.1) is 16.7 Å². The van der Waals surface area contributed by atoms with Crippen LogP contribution in [0.25, 0.3) is 0 Å². The predicted molar refractivity (Wildman–Crippen MR) is 73.4 cm³/mol. The summed E-state index contributed by atoms with van der Waals surface area (Å²) in [6.07, 6.45) is 6.94. The van der Waals surface area contributed by atoms with Gasteiger partial charge in [-0.05, 0) is 19.8 Å². The summed E-state index contributed by atoms with van der Waals surface area (Å²) in [7, 11) is 3.11. The standard InChI is InChI=1S/C15H27NO3/c1-14(17,11-13(18-2)19-3)15(12-16)9-7-5-4-6-8-10-15/h13,17H,4-11H2,1-3H3. The van der Waals surface area contributed by atoms with E-state index in [1.54, 1.807) is 21.1 Å². The van der Waals surface area contributed by atoms with E-state index in [1.165, 1.54) is 6.42 Å². The zero-order valence-electron chi connectivity index (χ0n) is 12.4. The zero-order chi connectivity index (χ0) is 14.4. The molecule has 0 heterocycles. The monoisotopic (exact) mass is 269 g/mol. The van der Waals surface area contributed by atoms with Crippen molar-refractivity contribution in [3.8, 4) is 6.07 Å². The summed E-state index contributed by atoms with van der Waals surface area (Å²) in [5, 5.41) is 20.5. The summed E-state index contributed by atoms with van der Waals surface area (Å²) in [5.41, 5.74) is -1.77. The minimum atomic E-state index is -1.09. The molecule has 0 saturated heterocycles. The maximum Gasteiger partial charge on any atom is 0.159 e. The van der Waals surface area contributed by atoms with Gasteiger partial charge in [-0.3, -0.25) is 0 Å². The summed E-state index contributed by atoms with van der Waals surface area (Å²) in [6, 6.07) is 2.42. The van der Waals surface area contributed by atoms with E-state index in [2.05, 4.69) is 6.07 Å². The molecule has 0 radical (unpaired) electrons. The number of nitriles is 1. The number of rotatable bonds is 5. The molecular formula is C15H27NO3. The van der Waals surface area contributed by atoms with Crippen LogP contribution in [-0.2, 0) is 9.47 Å². The van der Waals surface area contributed by atoms with Crippen LogP contribution in [0.1, 0.15) is 58.3 Å². The summed E-state index contributed by atoms with van der Waals surface area (Å²) in [5.74, 6) is 0. The summed E-state index contributed by atoms with van der Waals surface area (Å²) < 4.78 is 10.4. The van der Waals surface area contributed by atoms with Gasteiger partial charge in [-0.2, -0.15) is 5.26 Å². The van der Waals surface area contributed by atoms with E-state index in [4.69, 9.17) is 9.47 Å². The molecule has 1 aliphatic carbocycles. The molecule has 1 saturated carbocycles. The molecule has 0 spiro atoms. The third kappa shape index (κ3) is 3.92. The Bertz CT molecular complexity index is 297. The molecule has 1 rings (SSSR count). The van der Waals surface area contributed by atoms with Crippen LogP contribution in [0.3, 0.4) is 0 Å². The maximum absolute atomic E-state index is 10.9. The number of methoxy groups -OCH3 is 2. The SMILES string of the molecule is COC(CC(C)(O)C1(C#N)CCCCCCC1)OC. The van der Waals surface area contributed by atoms with Crippen molar-refractivity contribution < 1.29 is 14.6 Å². The Labute approximate surface area is 116 Å². The van der Waals surface area contributed by atoms with Crippen LogP contribution < -0.4 is 0 Å². The fraction of sp³-hybridized carbons (Fsp3) is 0.933. The van der Waals surface area contributed by atoms with E-state index in [-0.39, 0.29) is 0 Å². The Morgan fingerprint density at radius 1 is 1.16 bits per heavy atom. The summed E-state index contributed by atoms with van der Waals surface area (Å²) in [6.45, 7) is 1.75. The second-order valence-corrected chi connectivity index (χ2v) is 5.84. The van der Waals surface area contributed by atoms with Crippen molar-refractivity contribution in [2.24, 2.45) is 5.41 Å². The maximum atomic E-state index is 10.9. The highest BCUT2D eigenvalue weighted by atomic mass is 16.7. The molecule has 110 valence electrons. The molecule has 4 nitrogen and oxygen atoms in total. The molecule has 0 amide bonds. The molecule has 0 bridgehead atoms. The third-order valence-corrected chi connectivity index (χ3v) is 4.54. The van der Waals surface area contributed by atoms with Gasteiger partial charge in [-0.15, -0.1) is 0 Å². The largest absolute Gasteiger partial charge is 0.388 e. The highest BCUT2D eigenvalue weighted by Gasteiger charge is 2.48. The van der Waals surface area contributed by atoms with Crippen LogP contribution in [0.4, 0.5) is 0 Å². The number of hydrogen-bond donors (Lipinski definition) is 1. The Kier molecular flexibility index (Phi) is 6.25. The van der Waals surface area contributed by atoms with E-state index >= 15 is 0 Å². The third-order valence-electron chi connectivity index (χ3n) is 4.54. The molecule has 1 unspecified atom stereocenters. The molecule has 0 aromatic rings. The lowest BCUT2D eigenvalue weighted by Crippen LogP contribution is -2.48. The van der Waals surface area contributed by atoms with E-state index in [0.29, 0.717) is 6.42 Å². The van der Waals surface area contributed by atoms with Crippen molar-refractivity contribution in [3.63, 3.8) is 0 Å². The van der Waals surface area contributed by atoms with E-state index < -0.39 is 17.3 Å². The molecule has 19 heavy (non-hydrogen) atoms. The first-order chi connectivity index (χ1) is 9.01. The molecule has 1 fully saturated rings. The lowest BCUT2D eigenvalue weighted by Gasteiger charge is -2.42. The zero-order valence-corrected chi connectivity index (χ0v) is 12.4. The van der Waals surface area contributed by atoms with Crippen LogP contribution in [0.15, 0.2) is 0 Å². The highest BCUT2D eigenvalue weighted by Crippen LogP contribution is 2.45. The van der Waals surface area contributed by atoms with Crippen molar-refractivity contribution in [2.45, 2.75) is 70.2 Å². The number of nitrogens with zero attached hydrogens (tertiary/aromatic N) is 1. The molecule has 1 atom stereocenters. The summed E-state index contributed by atoms with van der Waals surface area (Å²) in [4.78, 5) is 0. The lowest BCUT2D eigenvalue weighted by atomic mass is 9.65. The van der Waals surface area contributed by atoms with Gasteiger partial charge in [0.1, 0.15) is 0 Å². The molecular weight excluding hydrogens is 242 g/mol. The van der Waals surface area contributed by atoms with Crippen LogP contribution in [0.5, 0.6) is 0 Å². The van der Waals surface area contributed by atoms with Gasteiger partial charge >= 0.3 is 0 Å². The molecule has 0 aromatic carbocycles. The molecule has 1 N–H and O–H groups in total. The molecule has 0 aliphatic heterocycles. The fourth-order valence-corrected chi connectivity index (χ4v) is 3.06. The van der Waals surface area contributed by atoms with Gasteiger partial charge in [-0.25, -0.2) is 0 Å². The van der Waals surface area contributed by atoms with Crippen molar-refractivity contribution in [1.82, 2.24) is 0 Å². The first-order valence-electron chi connectivity index (χ1n) is 7.20. The number of ether oxygens (including phenoxy) is 2. The predicted octanol–water partition coefficient (Wildman–Crippen LogP) is 3.00. The van der Waals surface area contributed by atoms with E-state index in [9.17, 15) is 10.4 Å². The molecule has 0 aromatic heterocycles. The van der Waals surface area contributed by atoms with Crippen LogP contribution in [-0.4, -0.2) is 31.2 Å². The normalized spacial score (nSPS) is 23.2. The van der Waals surface area contributed by atoms with Crippen molar-refractivity contribution in [2.75, 3.05) is 14.2 Å². The Balaban J connectivity index is 2.87. The van der Waals surface area contributed by atoms with Crippen molar-refractivity contribution in [3.05, 3.63) is 0 Å². The van der Waals surface area contributed by atoms with Crippen LogP contribution in [0.2, 0.25) is 0 Å². The average Bonchev–Trinajstić information content (AvgIpc) is 2.36. The van der Waals surface area contributed by atoms with E-state index in [0.717, 1.165) is 38.5 Å². The minimum absolute atomic E-state index is 0.327. The number of hydrogen-bond acceptors (Lipinski definition) is 4. The Morgan fingerprint density at radius 2 is 1.63 bits per heavy atom. The van der Waals surface area contributed by atoms with Gasteiger partial charge in [0.2, 0.25) is 0 Å². The average molecular weight is 269 g/mol. The lowest BCUT2D eigenvalue weighted by molar-refractivity contribution is -0.164. The van der Waals surface area contributed by atoms with Gasteiger partial charge in [0.05, 0.1) is 17.1 Å². The van der Waals surface area contributed by atoms with Gasteiger partial charge in [-0.1, -0.05) is 32.1 Å². The molecule has 4 heteroatoms. The second-order valence-electron chi connectivity index (χ2n) is 5.84. The van der Waals surface area contributed by atoms with Crippen LogP contribution >= 0.6 is 0 Å². The highest BCUT2D eigenvalue weighted by molar-refractivity contribution is 5.10. The van der Waals surface area contributed by atoms with Gasteiger partial charge < -0.3 is 14.6 Å². The number of aliphatic hydroxyl groups is 1. The van der Waals surface area contributed by atoms with Crippen molar-refractivity contribution in [1.29, 1.82) is 5.26 Å². The van der Waals surface area contributed by atoms with Gasteiger partial charge in [0, 0.05) is 20.6 Å². The smallest absolute Gasteiger partial charge is 0.159 e. The van der Waals surface area contributed by atoms with Gasteiger partial charge in [0.25, 0.3) is 0 Å². The minimum Gasteiger partial charge on any atom is -0.388 e. The first-order valence-corrected chi connectivity index (χ1v) is 7.20. The van der Waals surface area contributed by atoms with E-state index in [1.807, 2.05) is 0 Å². The van der Waals surface area contributed by atoms with Crippen molar-refractivity contribution >= 4 is 0 Å². The fourth-order valence-electron chi connectivity index (χ4n) is 3.06. The first kappa shape index (κ1) is 16.4. The topological polar surface area (TPSA) is 62.5 Å². The van der Waals surface area contributed by atoms with Gasteiger partial charge in [0.15, 0.2) is 6.29 Å².